The third-order valence-corrected chi connectivity index (χ3v) is 4.77. The van der Waals surface area contributed by atoms with Gasteiger partial charge in [0.05, 0.1) is 12.1 Å². The Bertz CT molecular complexity index is 852. The van der Waals surface area contributed by atoms with Crippen molar-refractivity contribution in [3.8, 4) is 0 Å². The number of nitrogens with zero attached hydrogens (tertiary/aromatic N) is 1. The van der Waals surface area contributed by atoms with E-state index >= 15 is 0 Å². The third kappa shape index (κ3) is 3.55. The maximum atomic E-state index is 13.0. The van der Waals surface area contributed by atoms with Gasteiger partial charge in [-0.3, -0.25) is 9.59 Å². The van der Waals surface area contributed by atoms with E-state index in [2.05, 4.69) is 4.98 Å². The molecule has 0 spiro atoms. The van der Waals surface area contributed by atoms with Crippen LogP contribution in [0.1, 0.15) is 36.8 Å². The molecule has 25 heavy (non-hydrogen) atoms. The zero-order chi connectivity index (χ0) is 18.2. The smallest absolute Gasteiger partial charge is 0.327 e. The molecule has 0 saturated heterocycles. The number of alkyl halides is 3. The van der Waals surface area contributed by atoms with Crippen molar-refractivity contribution in [3.05, 3.63) is 45.7 Å². The van der Waals surface area contributed by atoms with Gasteiger partial charge < -0.3 is 9.88 Å². The van der Waals surface area contributed by atoms with E-state index in [1.807, 2.05) is 19.1 Å². The van der Waals surface area contributed by atoms with E-state index in [1.54, 1.807) is 12.1 Å². The highest BCUT2D eigenvalue weighted by Crippen LogP contribution is 2.29. The van der Waals surface area contributed by atoms with Crippen LogP contribution < -0.4 is 5.56 Å². The normalized spacial score (nSPS) is 15.7. The maximum absolute atomic E-state index is 13.0. The highest BCUT2D eigenvalue weighted by atomic mass is 19.4. The van der Waals surface area contributed by atoms with Crippen LogP contribution in [0.15, 0.2) is 29.1 Å². The van der Waals surface area contributed by atoms with E-state index in [0.29, 0.717) is 18.4 Å². The van der Waals surface area contributed by atoms with Gasteiger partial charge in [0.2, 0.25) is 0 Å². The number of fused-ring (bicyclic) bond motifs is 1. The summed E-state index contributed by atoms with van der Waals surface area (Å²) >= 11 is 0. The molecule has 1 saturated carbocycles. The number of rotatable bonds is 3. The standard InChI is InChI=1S/C18H19F3N2O2/c1-11-5-4-6-12-9-13(16(24)22-15(11)12)10-23(14-7-2-3-8-14)17(25)18(19,20)21/h4-6,9,14H,2-3,7-8,10H2,1H3,(H,22,24). The molecule has 0 atom stereocenters. The maximum Gasteiger partial charge on any atom is 0.471 e. The Morgan fingerprint density at radius 1 is 1.28 bits per heavy atom. The van der Waals surface area contributed by atoms with Crippen molar-refractivity contribution in [1.82, 2.24) is 9.88 Å². The quantitative estimate of drug-likeness (QED) is 0.916. The van der Waals surface area contributed by atoms with Gasteiger partial charge in [-0.2, -0.15) is 13.2 Å². The molecule has 1 fully saturated rings. The lowest BCUT2D eigenvalue weighted by atomic mass is 10.1. The molecule has 0 bridgehead atoms. The van der Waals surface area contributed by atoms with Crippen molar-refractivity contribution in [2.24, 2.45) is 0 Å². The largest absolute Gasteiger partial charge is 0.471 e. The highest BCUT2D eigenvalue weighted by molar-refractivity contribution is 5.83. The number of amides is 1. The average Bonchev–Trinajstić information content (AvgIpc) is 3.06. The number of para-hydroxylation sites is 1. The topological polar surface area (TPSA) is 53.2 Å². The third-order valence-electron chi connectivity index (χ3n) is 4.77. The number of carbonyl (C=O) groups is 1. The minimum absolute atomic E-state index is 0.169. The van der Waals surface area contributed by atoms with Crippen LogP contribution in [-0.4, -0.2) is 28.0 Å². The summed E-state index contributed by atoms with van der Waals surface area (Å²) in [5.74, 6) is -1.87. The fourth-order valence-electron chi connectivity index (χ4n) is 3.48. The molecule has 0 radical (unpaired) electrons. The number of aromatic nitrogens is 1. The Kier molecular flexibility index (Phi) is 4.58. The minimum atomic E-state index is -4.94. The molecule has 0 unspecified atom stereocenters. The van der Waals surface area contributed by atoms with E-state index in [-0.39, 0.29) is 12.1 Å². The fraction of sp³-hybridized carbons (Fsp3) is 0.444. The lowest BCUT2D eigenvalue weighted by Crippen LogP contribution is -2.46. The monoisotopic (exact) mass is 352 g/mol. The van der Waals surface area contributed by atoms with Gasteiger partial charge in [-0.15, -0.1) is 0 Å². The van der Waals surface area contributed by atoms with Crippen LogP contribution in [0.3, 0.4) is 0 Å². The van der Waals surface area contributed by atoms with Crippen LogP contribution in [0.5, 0.6) is 0 Å². The summed E-state index contributed by atoms with van der Waals surface area (Å²) in [5.41, 5.74) is 1.24. The summed E-state index contributed by atoms with van der Waals surface area (Å²) in [6.07, 6.45) is -2.29. The lowest BCUT2D eigenvalue weighted by Gasteiger charge is -2.29. The first-order valence-electron chi connectivity index (χ1n) is 8.26. The van der Waals surface area contributed by atoms with Crippen molar-refractivity contribution < 1.29 is 18.0 Å². The van der Waals surface area contributed by atoms with Crippen LogP contribution in [0.4, 0.5) is 13.2 Å². The summed E-state index contributed by atoms with van der Waals surface area (Å²) in [5, 5.41) is 0.737. The Labute approximate surface area is 142 Å². The molecule has 1 aliphatic rings. The molecular formula is C18H19F3N2O2. The molecular weight excluding hydrogens is 333 g/mol. The van der Waals surface area contributed by atoms with Gasteiger partial charge in [0.25, 0.3) is 5.56 Å². The number of halogens is 3. The van der Waals surface area contributed by atoms with Gasteiger partial charge in [-0.1, -0.05) is 31.0 Å². The Balaban J connectivity index is 1.99. The number of aryl methyl sites for hydroxylation is 1. The number of hydrogen-bond donors (Lipinski definition) is 1. The van der Waals surface area contributed by atoms with Crippen LogP contribution in [-0.2, 0) is 11.3 Å². The predicted octanol–water partition coefficient (Wildman–Crippen LogP) is 3.67. The second-order valence-corrected chi connectivity index (χ2v) is 6.53. The Morgan fingerprint density at radius 3 is 2.60 bits per heavy atom. The van der Waals surface area contributed by atoms with Crippen molar-refractivity contribution in [1.29, 1.82) is 0 Å². The first-order chi connectivity index (χ1) is 11.8. The number of hydrogen-bond acceptors (Lipinski definition) is 2. The zero-order valence-electron chi connectivity index (χ0n) is 13.8. The fourth-order valence-corrected chi connectivity index (χ4v) is 3.48. The summed E-state index contributed by atoms with van der Waals surface area (Å²) in [6, 6.07) is 6.55. The zero-order valence-corrected chi connectivity index (χ0v) is 13.8. The molecule has 1 aromatic carbocycles. The number of pyridine rings is 1. The molecule has 7 heteroatoms. The SMILES string of the molecule is Cc1cccc2cc(CN(C(=O)C(F)(F)F)C3CCCC3)c(=O)[nH]c12. The van der Waals surface area contributed by atoms with Gasteiger partial charge in [-0.25, -0.2) is 0 Å². The van der Waals surface area contributed by atoms with Crippen molar-refractivity contribution in [3.63, 3.8) is 0 Å². The molecule has 134 valence electrons. The molecule has 2 aromatic rings. The second kappa shape index (κ2) is 6.54. The van der Waals surface area contributed by atoms with E-state index < -0.39 is 23.7 Å². The number of H-pyrrole nitrogens is 1. The number of carbonyl (C=O) groups excluding carboxylic acids is 1. The van der Waals surface area contributed by atoms with Crippen molar-refractivity contribution in [2.45, 2.75) is 51.4 Å². The van der Waals surface area contributed by atoms with E-state index in [0.717, 1.165) is 28.7 Å². The summed E-state index contributed by atoms with van der Waals surface area (Å²) in [6.45, 7) is 1.51. The van der Waals surface area contributed by atoms with Crippen LogP contribution >= 0.6 is 0 Å². The minimum Gasteiger partial charge on any atom is -0.327 e. The van der Waals surface area contributed by atoms with E-state index in [9.17, 15) is 22.8 Å². The molecule has 0 aliphatic heterocycles. The first-order valence-corrected chi connectivity index (χ1v) is 8.26. The van der Waals surface area contributed by atoms with Gasteiger partial charge in [-0.05, 0) is 36.8 Å². The van der Waals surface area contributed by atoms with Crippen LogP contribution in [0.25, 0.3) is 10.9 Å². The van der Waals surface area contributed by atoms with E-state index in [1.165, 1.54) is 0 Å². The molecule has 1 heterocycles. The molecule has 1 aromatic heterocycles. The predicted molar refractivity (Wildman–Crippen MR) is 88.2 cm³/mol. The average molecular weight is 352 g/mol. The van der Waals surface area contributed by atoms with Gasteiger partial charge in [0.1, 0.15) is 0 Å². The van der Waals surface area contributed by atoms with Gasteiger partial charge in [0, 0.05) is 11.6 Å². The summed E-state index contributed by atoms with van der Waals surface area (Å²) < 4.78 is 39.0. The van der Waals surface area contributed by atoms with Crippen molar-refractivity contribution in [2.75, 3.05) is 0 Å². The van der Waals surface area contributed by atoms with Crippen LogP contribution in [0.2, 0.25) is 0 Å². The molecule has 4 nitrogen and oxygen atoms in total. The Hall–Kier alpha value is -2.31. The van der Waals surface area contributed by atoms with Crippen LogP contribution in [0, 0.1) is 6.92 Å². The first kappa shape index (κ1) is 17.5. The lowest BCUT2D eigenvalue weighted by molar-refractivity contribution is -0.188. The Morgan fingerprint density at radius 2 is 1.96 bits per heavy atom. The summed E-state index contributed by atoms with van der Waals surface area (Å²) in [4.78, 5) is 27.8. The number of nitrogens with one attached hydrogen (secondary N) is 1. The highest BCUT2D eigenvalue weighted by Gasteiger charge is 2.45. The molecule has 1 amide bonds. The van der Waals surface area contributed by atoms with E-state index in [4.69, 9.17) is 0 Å². The summed E-state index contributed by atoms with van der Waals surface area (Å²) in [7, 11) is 0. The molecule has 1 aliphatic carbocycles. The molecule has 1 N–H and O–H groups in total. The second-order valence-electron chi connectivity index (χ2n) is 6.53. The van der Waals surface area contributed by atoms with Crippen molar-refractivity contribution >= 4 is 16.8 Å². The van der Waals surface area contributed by atoms with Gasteiger partial charge >= 0.3 is 12.1 Å². The number of benzene rings is 1. The molecule has 3 rings (SSSR count). The number of aromatic amines is 1. The van der Waals surface area contributed by atoms with Gasteiger partial charge in [0.15, 0.2) is 0 Å².